The van der Waals surface area contributed by atoms with Gasteiger partial charge in [-0.05, 0) is 24.6 Å². The molecule has 1 aliphatic rings. The van der Waals surface area contributed by atoms with Gasteiger partial charge in [-0.3, -0.25) is 9.59 Å². The number of amides is 2. The number of nitrogens with zero attached hydrogens (tertiary/aromatic N) is 1. The van der Waals surface area contributed by atoms with Gasteiger partial charge >= 0.3 is 0 Å². The Bertz CT molecular complexity index is 451. The fourth-order valence-corrected chi connectivity index (χ4v) is 2.02. The molecule has 1 aromatic rings. The molecule has 1 atom stereocenters. The van der Waals surface area contributed by atoms with Crippen molar-refractivity contribution in [3.63, 3.8) is 0 Å². The van der Waals surface area contributed by atoms with Crippen molar-refractivity contribution in [2.75, 3.05) is 13.1 Å². The van der Waals surface area contributed by atoms with E-state index in [0.29, 0.717) is 25.3 Å². The van der Waals surface area contributed by atoms with Crippen LogP contribution in [0.25, 0.3) is 6.08 Å². The van der Waals surface area contributed by atoms with Gasteiger partial charge in [-0.1, -0.05) is 6.92 Å². The molecule has 18 heavy (non-hydrogen) atoms. The van der Waals surface area contributed by atoms with Crippen molar-refractivity contribution in [2.45, 2.75) is 19.4 Å². The monoisotopic (exact) mass is 248 g/mol. The van der Waals surface area contributed by atoms with E-state index in [0.717, 1.165) is 0 Å². The lowest BCUT2D eigenvalue weighted by atomic mass is 10.1. The maximum atomic E-state index is 12.0. The second-order valence-corrected chi connectivity index (χ2v) is 4.10. The zero-order valence-corrected chi connectivity index (χ0v) is 10.3. The SMILES string of the molecule is CCC1C(=O)NCCN1C(=O)/C=C/c1ccco1. The van der Waals surface area contributed by atoms with Gasteiger partial charge < -0.3 is 14.6 Å². The summed E-state index contributed by atoms with van der Waals surface area (Å²) in [5.41, 5.74) is 0. The van der Waals surface area contributed by atoms with E-state index < -0.39 is 0 Å². The van der Waals surface area contributed by atoms with E-state index in [4.69, 9.17) is 4.42 Å². The molecule has 0 aromatic carbocycles. The fraction of sp³-hybridized carbons (Fsp3) is 0.385. The third-order valence-electron chi connectivity index (χ3n) is 2.93. The van der Waals surface area contributed by atoms with Gasteiger partial charge in [0, 0.05) is 19.2 Å². The van der Waals surface area contributed by atoms with Crippen LogP contribution < -0.4 is 5.32 Å². The Kier molecular flexibility index (Phi) is 3.82. The van der Waals surface area contributed by atoms with Gasteiger partial charge in [-0.2, -0.15) is 0 Å². The third kappa shape index (κ3) is 2.61. The van der Waals surface area contributed by atoms with Gasteiger partial charge in [-0.25, -0.2) is 0 Å². The Morgan fingerprint density at radius 1 is 1.67 bits per heavy atom. The Hall–Kier alpha value is -2.04. The summed E-state index contributed by atoms with van der Waals surface area (Å²) in [7, 11) is 0. The molecule has 1 aromatic heterocycles. The van der Waals surface area contributed by atoms with E-state index in [1.165, 1.54) is 6.08 Å². The first-order chi connectivity index (χ1) is 8.72. The summed E-state index contributed by atoms with van der Waals surface area (Å²) in [4.78, 5) is 25.2. The molecule has 1 unspecified atom stereocenters. The van der Waals surface area contributed by atoms with Crippen molar-refractivity contribution in [1.82, 2.24) is 10.2 Å². The summed E-state index contributed by atoms with van der Waals surface area (Å²) in [6.07, 6.45) is 5.22. The van der Waals surface area contributed by atoms with E-state index in [9.17, 15) is 9.59 Å². The Labute approximate surface area is 105 Å². The van der Waals surface area contributed by atoms with Crippen molar-refractivity contribution >= 4 is 17.9 Å². The topological polar surface area (TPSA) is 62.6 Å². The highest BCUT2D eigenvalue weighted by Crippen LogP contribution is 2.10. The molecule has 5 nitrogen and oxygen atoms in total. The van der Waals surface area contributed by atoms with Crippen LogP contribution in [0, 0.1) is 0 Å². The van der Waals surface area contributed by atoms with Crippen LogP contribution in [-0.2, 0) is 9.59 Å². The minimum Gasteiger partial charge on any atom is -0.465 e. The van der Waals surface area contributed by atoms with Gasteiger partial charge in [0.1, 0.15) is 11.8 Å². The highest BCUT2D eigenvalue weighted by atomic mass is 16.3. The maximum Gasteiger partial charge on any atom is 0.247 e. The molecule has 2 heterocycles. The largest absolute Gasteiger partial charge is 0.465 e. The smallest absolute Gasteiger partial charge is 0.247 e. The predicted molar refractivity (Wildman–Crippen MR) is 66.5 cm³/mol. The van der Waals surface area contributed by atoms with Crippen LogP contribution in [0.5, 0.6) is 0 Å². The lowest BCUT2D eigenvalue weighted by molar-refractivity contribution is -0.140. The van der Waals surface area contributed by atoms with Crippen LogP contribution in [-0.4, -0.2) is 35.8 Å². The summed E-state index contributed by atoms with van der Waals surface area (Å²) in [5, 5.41) is 2.76. The van der Waals surface area contributed by atoms with Crippen LogP contribution in [0.2, 0.25) is 0 Å². The van der Waals surface area contributed by atoms with Crippen LogP contribution in [0.4, 0.5) is 0 Å². The Balaban J connectivity index is 2.05. The molecule has 1 saturated heterocycles. The highest BCUT2D eigenvalue weighted by molar-refractivity contribution is 5.96. The van der Waals surface area contributed by atoms with Crippen LogP contribution in [0.1, 0.15) is 19.1 Å². The van der Waals surface area contributed by atoms with Crippen molar-refractivity contribution in [3.8, 4) is 0 Å². The van der Waals surface area contributed by atoms with Crippen molar-refractivity contribution in [1.29, 1.82) is 0 Å². The number of carbonyl (C=O) groups is 2. The number of furan rings is 1. The van der Waals surface area contributed by atoms with Gasteiger partial charge in [0.2, 0.25) is 11.8 Å². The second kappa shape index (κ2) is 5.53. The van der Waals surface area contributed by atoms with E-state index in [1.54, 1.807) is 29.4 Å². The first-order valence-electron chi connectivity index (χ1n) is 6.02. The third-order valence-corrected chi connectivity index (χ3v) is 2.93. The average Bonchev–Trinajstić information content (AvgIpc) is 2.88. The number of rotatable bonds is 3. The zero-order chi connectivity index (χ0) is 13.0. The number of piperazine rings is 1. The molecule has 96 valence electrons. The number of hydrogen-bond acceptors (Lipinski definition) is 3. The molecular formula is C13H16N2O3. The molecular weight excluding hydrogens is 232 g/mol. The molecule has 0 spiro atoms. The van der Waals surface area contributed by atoms with Crippen molar-refractivity contribution < 1.29 is 14.0 Å². The van der Waals surface area contributed by atoms with E-state index in [2.05, 4.69) is 5.32 Å². The van der Waals surface area contributed by atoms with Gasteiger partial charge in [-0.15, -0.1) is 0 Å². The van der Waals surface area contributed by atoms with Crippen molar-refractivity contribution in [3.05, 3.63) is 30.2 Å². The van der Waals surface area contributed by atoms with Gasteiger partial charge in [0.05, 0.1) is 6.26 Å². The molecule has 2 amide bonds. The molecule has 0 saturated carbocycles. The highest BCUT2D eigenvalue weighted by Gasteiger charge is 2.30. The zero-order valence-electron chi connectivity index (χ0n) is 10.3. The number of nitrogens with one attached hydrogen (secondary N) is 1. The van der Waals surface area contributed by atoms with Crippen molar-refractivity contribution in [2.24, 2.45) is 0 Å². The maximum absolute atomic E-state index is 12.0. The molecule has 2 rings (SSSR count). The normalized spacial score (nSPS) is 20.2. The molecule has 1 fully saturated rings. The van der Waals surface area contributed by atoms with Gasteiger partial charge in [0.25, 0.3) is 0 Å². The van der Waals surface area contributed by atoms with E-state index >= 15 is 0 Å². The summed E-state index contributed by atoms with van der Waals surface area (Å²) in [5.74, 6) is 0.384. The molecule has 0 aliphatic carbocycles. The second-order valence-electron chi connectivity index (χ2n) is 4.10. The number of hydrogen-bond donors (Lipinski definition) is 1. The Morgan fingerprint density at radius 2 is 2.50 bits per heavy atom. The lowest BCUT2D eigenvalue weighted by Crippen LogP contribution is -2.56. The molecule has 1 N–H and O–H groups in total. The van der Waals surface area contributed by atoms with E-state index in [-0.39, 0.29) is 17.9 Å². The van der Waals surface area contributed by atoms with Gasteiger partial charge in [0.15, 0.2) is 0 Å². The van der Waals surface area contributed by atoms with Crippen LogP contribution in [0.15, 0.2) is 28.9 Å². The first kappa shape index (κ1) is 12.4. The van der Waals surface area contributed by atoms with Crippen LogP contribution >= 0.6 is 0 Å². The fourth-order valence-electron chi connectivity index (χ4n) is 2.02. The summed E-state index contributed by atoms with van der Waals surface area (Å²) in [6.45, 7) is 2.95. The first-order valence-corrected chi connectivity index (χ1v) is 6.02. The quantitative estimate of drug-likeness (QED) is 0.813. The molecule has 1 aliphatic heterocycles. The standard InChI is InChI=1S/C13H16N2O3/c1-2-11-13(17)14-7-8-15(11)12(16)6-5-10-4-3-9-18-10/h3-6,9,11H,2,7-8H2,1H3,(H,14,17)/b6-5+. The number of carbonyl (C=O) groups excluding carboxylic acids is 2. The summed E-state index contributed by atoms with van der Waals surface area (Å²) < 4.78 is 5.11. The predicted octanol–water partition coefficient (Wildman–Crippen LogP) is 1.03. The summed E-state index contributed by atoms with van der Waals surface area (Å²) in [6, 6.07) is 3.16. The summed E-state index contributed by atoms with van der Waals surface area (Å²) >= 11 is 0. The average molecular weight is 248 g/mol. The minimum absolute atomic E-state index is 0.0801. The van der Waals surface area contributed by atoms with E-state index in [1.807, 2.05) is 6.92 Å². The molecule has 0 bridgehead atoms. The minimum atomic E-state index is -0.368. The molecule has 5 heteroatoms. The van der Waals surface area contributed by atoms with Crippen LogP contribution in [0.3, 0.4) is 0 Å². The molecule has 0 radical (unpaired) electrons. The lowest BCUT2D eigenvalue weighted by Gasteiger charge is -2.33. The Morgan fingerprint density at radius 3 is 3.17 bits per heavy atom.